The third kappa shape index (κ3) is 3.53. The molecule has 1 saturated carbocycles. The fourth-order valence-corrected chi connectivity index (χ4v) is 2.73. The van der Waals surface area contributed by atoms with Crippen molar-refractivity contribution in [3.8, 4) is 0 Å². The van der Waals surface area contributed by atoms with Gasteiger partial charge in [0.1, 0.15) is 4.99 Å². The molecule has 3 nitrogen and oxygen atoms in total. The molecule has 0 radical (unpaired) electrons. The van der Waals surface area contributed by atoms with Gasteiger partial charge in [0.2, 0.25) is 0 Å². The first kappa shape index (κ1) is 14.0. The van der Waals surface area contributed by atoms with Gasteiger partial charge in [-0.25, -0.2) is 0 Å². The maximum absolute atomic E-state index is 12.2. The number of hydrogen-bond donors (Lipinski definition) is 2. The van der Waals surface area contributed by atoms with Gasteiger partial charge >= 0.3 is 0 Å². The highest BCUT2D eigenvalue weighted by molar-refractivity contribution is 7.80. The van der Waals surface area contributed by atoms with Crippen LogP contribution in [0, 0.1) is 0 Å². The van der Waals surface area contributed by atoms with Gasteiger partial charge in [-0.05, 0) is 31.9 Å². The lowest BCUT2D eigenvalue weighted by Crippen LogP contribution is -2.47. The molecule has 0 saturated heterocycles. The predicted molar refractivity (Wildman–Crippen MR) is 81.3 cm³/mol. The number of rotatable bonds is 3. The Morgan fingerprint density at radius 2 is 1.68 bits per heavy atom. The van der Waals surface area contributed by atoms with E-state index in [9.17, 15) is 4.79 Å². The Labute approximate surface area is 119 Å². The maximum atomic E-state index is 12.2. The van der Waals surface area contributed by atoms with Gasteiger partial charge < -0.3 is 11.1 Å². The van der Waals surface area contributed by atoms with Crippen LogP contribution >= 0.6 is 12.2 Å². The van der Waals surface area contributed by atoms with Crippen molar-refractivity contribution in [1.29, 1.82) is 0 Å². The Bertz CT molecular complexity index is 475. The van der Waals surface area contributed by atoms with Gasteiger partial charge in [0.15, 0.2) is 0 Å². The first-order valence-corrected chi connectivity index (χ1v) is 7.13. The molecular weight excluding hydrogens is 256 g/mol. The van der Waals surface area contributed by atoms with E-state index in [0.29, 0.717) is 10.6 Å². The van der Waals surface area contributed by atoms with E-state index in [2.05, 4.69) is 12.2 Å². The van der Waals surface area contributed by atoms with E-state index in [1.54, 1.807) is 24.3 Å². The minimum atomic E-state index is -0.0584. The highest BCUT2D eigenvalue weighted by atomic mass is 32.1. The topological polar surface area (TPSA) is 55.1 Å². The number of nitrogens with one attached hydrogen (secondary N) is 1. The van der Waals surface area contributed by atoms with Crippen LogP contribution in [-0.2, 0) is 0 Å². The van der Waals surface area contributed by atoms with Crippen LogP contribution in [0.25, 0.3) is 0 Å². The molecule has 2 rings (SSSR count). The largest absolute Gasteiger partial charge is 0.389 e. The van der Waals surface area contributed by atoms with E-state index in [0.717, 1.165) is 18.4 Å². The van der Waals surface area contributed by atoms with Gasteiger partial charge in [-0.1, -0.05) is 43.6 Å². The molecule has 0 atom stereocenters. The fourth-order valence-electron chi connectivity index (χ4n) is 2.59. The normalized spacial score (nSPS) is 17.7. The first-order valence-electron chi connectivity index (χ1n) is 6.73. The van der Waals surface area contributed by atoms with E-state index in [4.69, 9.17) is 18.0 Å². The molecule has 4 heteroatoms. The Morgan fingerprint density at radius 1 is 1.16 bits per heavy atom. The molecule has 1 aromatic rings. The second-order valence-corrected chi connectivity index (χ2v) is 5.96. The van der Waals surface area contributed by atoms with E-state index in [1.165, 1.54) is 19.3 Å². The highest BCUT2D eigenvalue weighted by Crippen LogP contribution is 2.27. The van der Waals surface area contributed by atoms with Crippen molar-refractivity contribution < 1.29 is 4.79 Å². The van der Waals surface area contributed by atoms with Gasteiger partial charge in [0.05, 0.1) is 0 Å². The van der Waals surface area contributed by atoms with Crippen LogP contribution in [0.15, 0.2) is 24.3 Å². The van der Waals surface area contributed by atoms with Crippen LogP contribution in [0.1, 0.15) is 54.9 Å². The number of nitrogens with two attached hydrogens (primary N) is 1. The molecule has 0 aromatic heterocycles. The molecule has 1 aromatic carbocycles. The zero-order valence-corrected chi connectivity index (χ0v) is 12.1. The molecule has 19 heavy (non-hydrogen) atoms. The molecule has 0 heterocycles. The van der Waals surface area contributed by atoms with Crippen molar-refractivity contribution in [3.63, 3.8) is 0 Å². The molecule has 1 fully saturated rings. The van der Waals surface area contributed by atoms with E-state index < -0.39 is 0 Å². The predicted octanol–water partition coefficient (Wildman–Crippen LogP) is 2.77. The van der Waals surface area contributed by atoms with Crippen molar-refractivity contribution in [2.75, 3.05) is 0 Å². The summed E-state index contributed by atoms with van der Waals surface area (Å²) in [7, 11) is 0. The molecule has 1 aliphatic carbocycles. The summed E-state index contributed by atoms with van der Waals surface area (Å²) in [5, 5.41) is 3.16. The number of carbonyl (C=O) groups is 1. The minimum Gasteiger partial charge on any atom is -0.389 e. The van der Waals surface area contributed by atoms with Crippen molar-refractivity contribution >= 4 is 23.1 Å². The van der Waals surface area contributed by atoms with Crippen LogP contribution in [0.2, 0.25) is 0 Å². The first-order chi connectivity index (χ1) is 9.00. The average molecular weight is 276 g/mol. The Morgan fingerprint density at radius 3 is 2.21 bits per heavy atom. The molecule has 1 amide bonds. The highest BCUT2D eigenvalue weighted by Gasteiger charge is 2.28. The Balaban J connectivity index is 2.05. The summed E-state index contributed by atoms with van der Waals surface area (Å²) in [5.74, 6) is -0.0149. The zero-order chi connectivity index (χ0) is 13.9. The van der Waals surface area contributed by atoms with E-state index in [-0.39, 0.29) is 11.4 Å². The van der Waals surface area contributed by atoms with Crippen LogP contribution < -0.4 is 11.1 Å². The minimum absolute atomic E-state index is 0.0149. The van der Waals surface area contributed by atoms with Crippen molar-refractivity contribution in [1.82, 2.24) is 5.32 Å². The molecule has 0 aliphatic heterocycles. The van der Waals surface area contributed by atoms with Crippen LogP contribution in [-0.4, -0.2) is 16.4 Å². The molecule has 1 aliphatic rings. The summed E-state index contributed by atoms with van der Waals surface area (Å²) in [5.41, 5.74) is 6.93. The number of amides is 1. The molecule has 3 N–H and O–H groups in total. The van der Waals surface area contributed by atoms with Crippen molar-refractivity contribution in [2.45, 2.75) is 44.6 Å². The third-order valence-corrected chi connectivity index (χ3v) is 4.04. The summed E-state index contributed by atoms with van der Waals surface area (Å²) in [6.45, 7) is 2.13. The van der Waals surface area contributed by atoms with Gasteiger partial charge in [-0.2, -0.15) is 0 Å². The summed E-state index contributed by atoms with van der Waals surface area (Å²) < 4.78 is 0. The summed E-state index contributed by atoms with van der Waals surface area (Å²) in [6, 6.07) is 7.13. The Hall–Kier alpha value is -1.42. The van der Waals surface area contributed by atoms with Gasteiger partial charge in [0, 0.05) is 16.7 Å². The molecule has 0 unspecified atom stereocenters. The SMILES string of the molecule is CC1(NC(=O)c2ccc(C(N)=S)cc2)CCCCC1. The number of thiocarbonyl (C=S) groups is 1. The lowest BCUT2D eigenvalue weighted by molar-refractivity contribution is 0.0882. The van der Waals surface area contributed by atoms with Crippen LogP contribution in [0.5, 0.6) is 0 Å². The van der Waals surface area contributed by atoms with Gasteiger partial charge in [0.25, 0.3) is 5.91 Å². The van der Waals surface area contributed by atoms with Crippen LogP contribution in [0.4, 0.5) is 0 Å². The van der Waals surface area contributed by atoms with Gasteiger partial charge in [-0.3, -0.25) is 4.79 Å². The molecular formula is C15H20N2OS. The monoisotopic (exact) mass is 276 g/mol. The average Bonchev–Trinajstić information content (AvgIpc) is 2.39. The fraction of sp³-hybridized carbons (Fsp3) is 0.467. The number of benzene rings is 1. The smallest absolute Gasteiger partial charge is 0.251 e. The quantitative estimate of drug-likeness (QED) is 0.835. The Kier molecular flexibility index (Phi) is 4.20. The third-order valence-electron chi connectivity index (χ3n) is 3.80. The molecule has 0 bridgehead atoms. The second kappa shape index (κ2) is 5.70. The number of hydrogen-bond acceptors (Lipinski definition) is 2. The van der Waals surface area contributed by atoms with Crippen molar-refractivity contribution in [2.24, 2.45) is 5.73 Å². The zero-order valence-electron chi connectivity index (χ0n) is 11.2. The van der Waals surface area contributed by atoms with Crippen LogP contribution in [0.3, 0.4) is 0 Å². The number of carbonyl (C=O) groups excluding carboxylic acids is 1. The van der Waals surface area contributed by atoms with E-state index in [1.807, 2.05) is 0 Å². The standard InChI is InChI=1S/C15H20N2OS/c1-15(9-3-2-4-10-15)17-14(18)12-7-5-11(6-8-12)13(16)19/h5-8H,2-4,9-10H2,1H3,(H2,16,19)(H,17,18). The summed E-state index contributed by atoms with van der Waals surface area (Å²) >= 11 is 4.90. The van der Waals surface area contributed by atoms with Crippen molar-refractivity contribution in [3.05, 3.63) is 35.4 Å². The maximum Gasteiger partial charge on any atom is 0.251 e. The lowest BCUT2D eigenvalue weighted by atomic mass is 9.83. The van der Waals surface area contributed by atoms with E-state index >= 15 is 0 Å². The molecule has 0 spiro atoms. The lowest BCUT2D eigenvalue weighted by Gasteiger charge is -2.34. The summed E-state index contributed by atoms with van der Waals surface area (Å²) in [4.78, 5) is 12.6. The summed E-state index contributed by atoms with van der Waals surface area (Å²) in [6.07, 6.45) is 5.77. The second-order valence-electron chi connectivity index (χ2n) is 5.52. The van der Waals surface area contributed by atoms with Gasteiger partial charge in [-0.15, -0.1) is 0 Å². The molecule has 102 valence electrons.